The lowest BCUT2D eigenvalue weighted by molar-refractivity contribution is 1.44. The van der Waals surface area contributed by atoms with E-state index >= 15 is 0 Å². The van der Waals surface area contributed by atoms with Crippen molar-refractivity contribution in [2.75, 3.05) is 0 Å². The maximum Gasteiger partial charge on any atom is 0.0479 e. The summed E-state index contributed by atoms with van der Waals surface area (Å²) in [5, 5.41) is 0. The van der Waals surface area contributed by atoms with Crippen LogP contribution in [0.4, 0.5) is 0 Å². The Morgan fingerprint density at radius 2 is 0.310 bits per heavy atom. The highest BCUT2D eigenvalue weighted by Crippen LogP contribution is 2.56. The minimum Gasteiger partial charge on any atom is -0.140 e. The van der Waals surface area contributed by atoms with Gasteiger partial charge in [-0.1, -0.05) is 48.5 Å². The fourth-order valence-corrected chi connectivity index (χ4v) is 39.8. The van der Waals surface area contributed by atoms with Gasteiger partial charge < -0.3 is 0 Å². The van der Waals surface area contributed by atoms with E-state index in [0.29, 0.717) is 0 Å². The Morgan fingerprint density at radius 1 is 0.119 bits per heavy atom. The van der Waals surface area contributed by atoms with Crippen LogP contribution in [0.25, 0.3) is 187 Å². The van der Waals surface area contributed by atoms with E-state index in [1.807, 2.05) is 227 Å². The molecule has 0 spiro atoms. The van der Waals surface area contributed by atoms with Crippen LogP contribution in [-0.4, -0.2) is 0 Å². The molecule has 20 heterocycles. The summed E-state index contributed by atoms with van der Waals surface area (Å²) in [5.41, 5.74) is 21.7. The Bertz CT molecular complexity index is 7690. The summed E-state index contributed by atoms with van der Waals surface area (Å²) in [7, 11) is 0. The zero-order chi connectivity index (χ0) is 87.1. The van der Waals surface area contributed by atoms with E-state index in [0.717, 1.165) is 0 Å². The van der Waals surface area contributed by atoms with Crippen molar-refractivity contribution in [3.8, 4) is 169 Å². The molecule has 22 aromatic rings. The molecule has 0 saturated carbocycles. The predicted molar refractivity (Wildman–Crippen MR) is 590 cm³/mol. The van der Waals surface area contributed by atoms with Crippen molar-refractivity contribution < 1.29 is 0 Å². The van der Waals surface area contributed by atoms with Crippen molar-refractivity contribution in [1.29, 1.82) is 0 Å². The normalized spacial score (nSPS) is 11.7. The van der Waals surface area contributed by atoms with Gasteiger partial charge in [-0.25, -0.2) is 0 Å². The summed E-state index contributed by atoms with van der Waals surface area (Å²) in [5.74, 6) is 0. The first kappa shape index (κ1) is 87.0. The molecule has 0 radical (unpaired) electrons. The standard InChI is InChI=1S/C38H30S8.C34H26S8.C34H30S4/c1-19-16-33(40-24(19)6)29-9-7-25(41-29)26-8-10-30(42-26)34-17-21(3)38(45-34)35-18-22(4)37(46-35)32-14-12-28(44-32)27-11-13-31(43-27)36-20(2)15-23(5)39-36;1-15-8-21(36-20(15)6)23-11-25-26(37-23)12-24(38-25)22-9-17(3)33(41-22)29-10-18(4)34(42-29)31-14-28-27(40-31)13-30(39-28)32-16(2)7-19(5)35-32;1-19-16-29(36-24(19)6)25-7-9-26(10-8-25)30-17-22(4)34(37-30)31-18-21(3)33(38-31)28-13-11-27(12-14-28)32-20(2)15-23(5)35-32/h7-18H,1-6H3;7-14H,1-6H3;7-18H,1-6H3. The van der Waals surface area contributed by atoms with E-state index in [4.69, 9.17) is 0 Å². The van der Waals surface area contributed by atoms with E-state index in [2.05, 4.69) is 319 Å². The molecule has 0 aliphatic rings. The molecular weight excluding hydrogens is 1910 g/mol. The molecule has 2 aromatic carbocycles. The first-order chi connectivity index (χ1) is 60.7. The quantitative estimate of drug-likeness (QED) is 0.0852. The van der Waals surface area contributed by atoms with Crippen molar-refractivity contribution in [3.05, 3.63) is 290 Å². The molecule has 0 saturated heterocycles. The average molecular weight is 2000 g/mol. The van der Waals surface area contributed by atoms with Gasteiger partial charge in [0.1, 0.15) is 0 Å². The van der Waals surface area contributed by atoms with Crippen molar-refractivity contribution >= 4 is 246 Å². The summed E-state index contributed by atoms with van der Waals surface area (Å²) in [4.78, 5) is 49.8. The van der Waals surface area contributed by atoms with Gasteiger partial charge in [0, 0.05) is 194 Å². The maximum atomic E-state index is 2.42. The van der Waals surface area contributed by atoms with Gasteiger partial charge in [-0.2, -0.15) is 0 Å². The summed E-state index contributed by atoms with van der Waals surface area (Å²) in [6.45, 7) is 40.1. The van der Waals surface area contributed by atoms with Gasteiger partial charge in [0.05, 0.1) is 0 Å². The summed E-state index contributed by atoms with van der Waals surface area (Å²) < 4.78 is 5.62. The average Bonchev–Trinajstić information content (AvgIpc) is 1.61. The van der Waals surface area contributed by atoms with Gasteiger partial charge in [0.2, 0.25) is 0 Å². The number of hydrogen-bond acceptors (Lipinski definition) is 20. The Hall–Kier alpha value is -7.04. The van der Waals surface area contributed by atoms with Crippen LogP contribution in [0, 0.1) is 125 Å². The molecule has 126 heavy (non-hydrogen) atoms. The van der Waals surface area contributed by atoms with E-state index in [9.17, 15) is 0 Å². The SMILES string of the molecule is Cc1cc(C)c(-c2cc3sc(-c4sc(-c5sc(-c6cc7sc(-c8cc(C)c(C)s8)cc7s6)cc5C)cc4C)cc3s2)s1.Cc1cc(C)c(-c2ccc(-c3ccc(-c4sc(-c5sc(-c6ccc(-c7ccc(-c8cc(C)c(C)s8)s7)s6)cc5C)cc4C)s3)s2)s1.Cc1cc(C)c(-c2ccc(-c3sc(-c4sc(-c5ccc(-c6cc(C)c(C)s6)cc5)cc4C)cc3C)cc2)s1. The third-order valence-electron chi connectivity index (χ3n) is 22.9. The first-order valence-corrected chi connectivity index (χ1v) is 57.8. The van der Waals surface area contributed by atoms with E-state index in [1.165, 1.54) is 283 Å². The van der Waals surface area contributed by atoms with Crippen LogP contribution in [0.5, 0.6) is 0 Å². The molecule has 0 aliphatic carbocycles. The van der Waals surface area contributed by atoms with Crippen LogP contribution < -0.4 is 0 Å². The van der Waals surface area contributed by atoms with Crippen molar-refractivity contribution in [3.63, 3.8) is 0 Å². The zero-order valence-electron chi connectivity index (χ0n) is 72.6. The largest absolute Gasteiger partial charge is 0.140 e. The molecular formula is C106H86S20. The molecule has 20 aromatic heterocycles. The van der Waals surface area contributed by atoms with Gasteiger partial charge in [-0.3, -0.25) is 0 Å². The van der Waals surface area contributed by atoms with Crippen LogP contribution in [-0.2, 0) is 0 Å². The number of benzene rings is 2. The van der Waals surface area contributed by atoms with Gasteiger partial charge in [-0.05, 0) is 359 Å². The second kappa shape index (κ2) is 35.6. The lowest BCUT2D eigenvalue weighted by Crippen LogP contribution is -1.78. The summed E-state index contributed by atoms with van der Waals surface area (Å²) >= 11 is 38.4. The molecule has 0 aliphatic heterocycles. The fourth-order valence-electron chi connectivity index (χ4n) is 16.0. The second-order valence-electron chi connectivity index (χ2n) is 32.6. The van der Waals surface area contributed by atoms with Crippen molar-refractivity contribution in [2.24, 2.45) is 0 Å². The topological polar surface area (TPSA) is 0 Å². The van der Waals surface area contributed by atoms with E-state index in [1.54, 1.807) is 0 Å². The smallest absolute Gasteiger partial charge is 0.0479 e. The van der Waals surface area contributed by atoms with E-state index < -0.39 is 0 Å². The minimum atomic E-state index is 1.29. The summed E-state index contributed by atoms with van der Waals surface area (Å²) in [6, 6.07) is 74.4. The fraction of sp³-hybridized carbons (Fsp3) is 0.170. The van der Waals surface area contributed by atoms with Crippen molar-refractivity contribution in [2.45, 2.75) is 125 Å². The Morgan fingerprint density at radius 3 is 0.675 bits per heavy atom. The predicted octanol–water partition coefficient (Wildman–Crippen LogP) is 42.5. The Balaban J connectivity index is 0.000000120. The van der Waals surface area contributed by atoms with Gasteiger partial charge in [0.15, 0.2) is 0 Å². The molecule has 0 atom stereocenters. The van der Waals surface area contributed by atoms with Gasteiger partial charge in [0.25, 0.3) is 0 Å². The van der Waals surface area contributed by atoms with Crippen LogP contribution in [0.15, 0.2) is 194 Å². The molecule has 630 valence electrons. The molecule has 0 bridgehead atoms. The van der Waals surface area contributed by atoms with Crippen LogP contribution >= 0.6 is 227 Å². The second-order valence-corrected chi connectivity index (χ2v) is 55.1. The van der Waals surface area contributed by atoms with Gasteiger partial charge >= 0.3 is 0 Å². The van der Waals surface area contributed by atoms with Crippen LogP contribution in [0.2, 0.25) is 0 Å². The molecule has 0 unspecified atom stereocenters. The van der Waals surface area contributed by atoms with Crippen LogP contribution in [0.1, 0.15) is 96.0 Å². The maximum absolute atomic E-state index is 2.42. The Kier molecular flexibility index (Phi) is 24.6. The molecule has 22 rings (SSSR count). The highest BCUT2D eigenvalue weighted by molar-refractivity contribution is 7.37. The highest BCUT2D eigenvalue weighted by atomic mass is 32.2. The van der Waals surface area contributed by atoms with Crippen LogP contribution in [0.3, 0.4) is 0 Å². The molecule has 0 amide bonds. The highest BCUT2D eigenvalue weighted by Gasteiger charge is 2.25. The summed E-state index contributed by atoms with van der Waals surface area (Å²) in [6.07, 6.45) is 0. The lowest BCUT2D eigenvalue weighted by Gasteiger charge is -2.04. The minimum absolute atomic E-state index is 1.29. The molecule has 0 N–H and O–H groups in total. The zero-order valence-corrected chi connectivity index (χ0v) is 89.0. The molecule has 0 fully saturated rings. The van der Waals surface area contributed by atoms with Gasteiger partial charge in [-0.15, -0.1) is 227 Å². The number of thiophene rings is 20. The lowest BCUT2D eigenvalue weighted by atomic mass is 10.1. The third-order valence-corrected chi connectivity index (χ3v) is 48.7. The Labute approximate surface area is 818 Å². The number of rotatable bonds is 17. The van der Waals surface area contributed by atoms with E-state index in [-0.39, 0.29) is 0 Å². The number of aryl methyl sites for hydroxylation is 18. The van der Waals surface area contributed by atoms with Crippen molar-refractivity contribution in [1.82, 2.24) is 0 Å². The molecule has 20 heteroatoms. The number of fused-ring (bicyclic) bond motifs is 2. The third kappa shape index (κ3) is 17.4. The molecule has 0 nitrogen and oxygen atoms in total. The first-order valence-electron chi connectivity index (χ1n) is 41.4. The monoisotopic (exact) mass is 2000 g/mol. The number of hydrogen-bond donors (Lipinski definition) is 0.